The number of hydrogen-bond acceptors (Lipinski definition) is 3. The van der Waals surface area contributed by atoms with Crippen LogP contribution in [-0.4, -0.2) is 47.3 Å². The molecule has 0 aromatic carbocycles. The van der Waals surface area contributed by atoms with E-state index < -0.39 is 0 Å². The van der Waals surface area contributed by atoms with Crippen molar-refractivity contribution in [1.82, 2.24) is 10.2 Å². The molecule has 2 fully saturated rings. The molecule has 0 amide bonds. The minimum absolute atomic E-state index is 0.0990. The zero-order valence-corrected chi connectivity index (χ0v) is 13.0. The smallest absolute Gasteiger partial charge is 0.0610 e. The Kier molecular flexibility index (Phi) is 5.27. The number of piperidine rings is 1. The van der Waals surface area contributed by atoms with Crippen LogP contribution >= 0.6 is 0 Å². The topological polar surface area (TPSA) is 35.5 Å². The Labute approximate surface area is 118 Å². The summed E-state index contributed by atoms with van der Waals surface area (Å²) in [6.07, 6.45) is 7.94. The first-order valence-electron chi connectivity index (χ1n) is 8.15. The van der Waals surface area contributed by atoms with E-state index in [1.165, 1.54) is 45.2 Å². The Hall–Kier alpha value is -0.120. The number of likely N-dealkylation sites (tertiary alicyclic amines) is 1. The van der Waals surface area contributed by atoms with Gasteiger partial charge in [-0.05, 0) is 51.5 Å². The third-order valence-electron chi connectivity index (χ3n) is 4.93. The predicted molar refractivity (Wildman–Crippen MR) is 80.3 cm³/mol. The maximum absolute atomic E-state index is 9.56. The molecular formula is C16H32N2O. The molecule has 19 heavy (non-hydrogen) atoms. The number of nitrogens with one attached hydrogen (secondary N) is 1. The average molecular weight is 268 g/mol. The number of aliphatic hydroxyl groups is 1. The number of hydrogen-bond donors (Lipinski definition) is 2. The number of rotatable bonds is 8. The van der Waals surface area contributed by atoms with Gasteiger partial charge in [0.2, 0.25) is 0 Å². The Balaban J connectivity index is 1.63. The lowest BCUT2D eigenvalue weighted by molar-refractivity contribution is 0.150. The lowest BCUT2D eigenvalue weighted by Crippen LogP contribution is -2.49. The lowest BCUT2D eigenvalue weighted by Gasteiger charge is -2.32. The van der Waals surface area contributed by atoms with Gasteiger partial charge in [0.1, 0.15) is 0 Å². The van der Waals surface area contributed by atoms with Gasteiger partial charge in [-0.3, -0.25) is 0 Å². The molecule has 0 radical (unpaired) electrons. The minimum Gasteiger partial charge on any atom is -0.394 e. The molecule has 3 heteroatoms. The van der Waals surface area contributed by atoms with Crippen LogP contribution in [0.1, 0.15) is 59.3 Å². The van der Waals surface area contributed by atoms with Crippen LogP contribution in [0.4, 0.5) is 0 Å². The molecule has 1 saturated carbocycles. The molecule has 3 unspecified atom stereocenters. The van der Waals surface area contributed by atoms with Gasteiger partial charge in [-0.15, -0.1) is 0 Å². The summed E-state index contributed by atoms with van der Waals surface area (Å²) >= 11 is 0. The third kappa shape index (κ3) is 4.17. The first kappa shape index (κ1) is 15.3. The molecule has 2 bridgehead atoms. The van der Waals surface area contributed by atoms with Gasteiger partial charge in [-0.2, -0.15) is 0 Å². The van der Waals surface area contributed by atoms with E-state index in [-0.39, 0.29) is 12.1 Å². The highest BCUT2D eigenvalue weighted by molar-refractivity contribution is 4.92. The van der Waals surface area contributed by atoms with Gasteiger partial charge >= 0.3 is 0 Å². The summed E-state index contributed by atoms with van der Waals surface area (Å²) in [5.74, 6) is 1.01. The van der Waals surface area contributed by atoms with Crippen LogP contribution in [0.3, 0.4) is 0 Å². The van der Waals surface area contributed by atoms with Crippen molar-refractivity contribution in [2.45, 2.75) is 76.9 Å². The van der Waals surface area contributed by atoms with Crippen LogP contribution in [-0.2, 0) is 0 Å². The molecule has 2 aliphatic rings. The molecule has 1 saturated heterocycles. The van der Waals surface area contributed by atoms with Gasteiger partial charge in [0.15, 0.2) is 0 Å². The monoisotopic (exact) mass is 268 g/mol. The second-order valence-electron chi connectivity index (χ2n) is 7.30. The summed E-state index contributed by atoms with van der Waals surface area (Å²) in [6.45, 7) is 9.30. The Bertz CT molecular complexity index is 282. The van der Waals surface area contributed by atoms with Crippen molar-refractivity contribution in [1.29, 1.82) is 0 Å². The fourth-order valence-corrected chi connectivity index (χ4v) is 4.02. The Morgan fingerprint density at radius 2 is 2.11 bits per heavy atom. The molecule has 0 aromatic rings. The van der Waals surface area contributed by atoms with Crippen LogP contribution in [0, 0.1) is 5.92 Å². The summed E-state index contributed by atoms with van der Waals surface area (Å²) in [5.41, 5.74) is -0.0990. The number of unbranched alkanes of at least 4 members (excludes halogenated alkanes) is 1. The van der Waals surface area contributed by atoms with Crippen LogP contribution in [0.15, 0.2) is 0 Å². The molecule has 0 aromatic heterocycles. The zero-order chi connectivity index (χ0) is 13.9. The maximum Gasteiger partial charge on any atom is 0.0610 e. The first-order chi connectivity index (χ1) is 9.02. The van der Waals surface area contributed by atoms with Gasteiger partial charge in [0.25, 0.3) is 0 Å². The molecule has 2 N–H and O–H groups in total. The van der Waals surface area contributed by atoms with Gasteiger partial charge in [-0.1, -0.05) is 20.3 Å². The van der Waals surface area contributed by atoms with Gasteiger partial charge in [0.05, 0.1) is 6.61 Å². The Morgan fingerprint density at radius 1 is 1.32 bits per heavy atom. The minimum atomic E-state index is -0.0990. The quantitative estimate of drug-likeness (QED) is 0.664. The van der Waals surface area contributed by atoms with Crippen LogP contribution in [0.25, 0.3) is 0 Å². The van der Waals surface area contributed by atoms with Crippen molar-refractivity contribution < 1.29 is 5.11 Å². The van der Waals surface area contributed by atoms with Crippen molar-refractivity contribution in [2.75, 3.05) is 19.7 Å². The van der Waals surface area contributed by atoms with Crippen LogP contribution < -0.4 is 5.32 Å². The molecular weight excluding hydrogens is 236 g/mol. The second kappa shape index (κ2) is 6.55. The van der Waals surface area contributed by atoms with Gasteiger partial charge in [0, 0.05) is 24.2 Å². The van der Waals surface area contributed by atoms with Crippen molar-refractivity contribution >= 4 is 0 Å². The van der Waals surface area contributed by atoms with Crippen LogP contribution in [0.5, 0.6) is 0 Å². The molecule has 1 heterocycles. The first-order valence-corrected chi connectivity index (χ1v) is 8.15. The van der Waals surface area contributed by atoms with E-state index in [1.54, 1.807) is 0 Å². The summed E-state index contributed by atoms with van der Waals surface area (Å²) in [5, 5.41) is 13.1. The third-order valence-corrected chi connectivity index (χ3v) is 4.93. The van der Waals surface area contributed by atoms with Crippen molar-refractivity contribution in [3.05, 3.63) is 0 Å². The molecule has 3 nitrogen and oxygen atoms in total. The summed E-state index contributed by atoms with van der Waals surface area (Å²) in [4.78, 5) is 2.71. The highest BCUT2D eigenvalue weighted by Crippen LogP contribution is 2.37. The number of aliphatic hydroxyl groups excluding tert-OH is 1. The second-order valence-corrected chi connectivity index (χ2v) is 7.30. The SMILES string of the molecule is CC(C)NC(C)(CO)CCCCN1CC2CCC1C2. The lowest BCUT2D eigenvalue weighted by atomic mass is 9.94. The predicted octanol–water partition coefficient (Wildman–Crippen LogP) is 2.39. The van der Waals surface area contributed by atoms with Gasteiger partial charge < -0.3 is 15.3 Å². The molecule has 2 rings (SSSR count). The number of nitrogens with zero attached hydrogens (tertiary/aromatic N) is 1. The zero-order valence-electron chi connectivity index (χ0n) is 13.0. The largest absolute Gasteiger partial charge is 0.394 e. The number of fused-ring (bicyclic) bond motifs is 2. The van der Waals surface area contributed by atoms with Crippen LogP contribution in [0.2, 0.25) is 0 Å². The Morgan fingerprint density at radius 3 is 2.63 bits per heavy atom. The fourth-order valence-electron chi connectivity index (χ4n) is 4.02. The normalized spacial score (nSPS) is 30.2. The van der Waals surface area contributed by atoms with E-state index in [1.807, 2.05) is 0 Å². The van der Waals surface area contributed by atoms with E-state index in [2.05, 4.69) is 31.0 Å². The molecule has 112 valence electrons. The maximum atomic E-state index is 9.56. The van der Waals surface area contributed by atoms with Crippen molar-refractivity contribution in [3.8, 4) is 0 Å². The summed E-state index contributed by atoms with van der Waals surface area (Å²) in [7, 11) is 0. The standard InChI is InChI=1S/C16H32N2O/c1-13(2)17-16(3,12-19)8-4-5-9-18-11-14-6-7-15(18)10-14/h13-15,17,19H,4-12H2,1-3H3. The summed E-state index contributed by atoms with van der Waals surface area (Å²) < 4.78 is 0. The molecule has 0 spiro atoms. The van der Waals surface area contributed by atoms with E-state index in [0.717, 1.165) is 18.4 Å². The van der Waals surface area contributed by atoms with E-state index in [4.69, 9.17) is 0 Å². The van der Waals surface area contributed by atoms with E-state index >= 15 is 0 Å². The summed E-state index contributed by atoms with van der Waals surface area (Å²) in [6, 6.07) is 1.34. The van der Waals surface area contributed by atoms with E-state index in [0.29, 0.717) is 6.04 Å². The molecule has 3 atom stereocenters. The van der Waals surface area contributed by atoms with E-state index in [9.17, 15) is 5.11 Å². The van der Waals surface area contributed by atoms with Crippen molar-refractivity contribution in [3.63, 3.8) is 0 Å². The molecule has 1 aliphatic carbocycles. The fraction of sp³-hybridized carbons (Fsp3) is 1.00. The molecule has 1 aliphatic heterocycles. The van der Waals surface area contributed by atoms with Gasteiger partial charge in [-0.25, -0.2) is 0 Å². The average Bonchev–Trinajstić information content (AvgIpc) is 2.96. The highest BCUT2D eigenvalue weighted by atomic mass is 16.3. The van der Waals surface area contributed by atoms with Crippen molar-refractivity contribution in [2.24, 2.45) is 5.92 Å². The highest BCUT2D eigenvalue weighted by Gasteiger charge is 2.37.